The molecule has 0 radical (unpaired) electrons. The first-order chi connectivity index (χ1) is 32.0. The molecule has 0 bridgehead atoms. The van der Waals surface area contributed by atoms with Crippen LogP contribution in [0.25, 0.3) is 0 Å². The van der Waals surface area contributed by atoms with Gasteiger partial charge in [-0.3, -0.25) is 9.59 Å². The normalized spacial score (nSPS) is 14.0. The number of hydrogen-bond donors (Lipinski definition) is 3. The van der Waals surface area contributed by atoms with E-state index >= 15 is 0 Å². The molecule has 0 aliphatic carbocycles. The van der Waals surface area contributed by atoms with Crippen LogP contribution in [0.3, 0.4) is 0 Å². The number of unbranched alkanes of at least 4 members (excludes halogenated alkanes) is 23. The van der Waals surface area contributed by atoms with Crippen molar-refractivity contribution in [1.82, 2.24) is 5.32 Å². The molecule has 0 rings (SSSR count). The van der Waals surface area contributed by atoms with Gasteiger partial charge < -0.3 is 20.3 Å². The first-order valence-corrected chi connectivity index (χ1v) is 27.0. The van der Waals surface area contributed by atoms with Crippen LogP contribution in [-0.4, -0.2) is 46.9 Å². The molecule has 0 aliphatic rings. The Morgan fingerprint density at radius 2 is 0.908 bits per heavy atom. The summed E-state index contributed by atoms with van der Waals surface area (Å²) in [7, 11) is 0. The molecule has 6 heteroatoms. The second kappa shape index (κ2) is 51.8. The topological polar surface area (TPSA) is 95.9 Å². The van der Waals surface area contributed by atoms with E-state index in [0.29, 0.717) is 19.3 Å². The molecule has 0 aromatic heterocycles. The second-order valence-corrected chi connectivity index (χ2v) is 18.0. The number of rotatable bonds is 47. The van der Waals surface area contributed by atoms with Gasteiger partial charge in [0.2, 0.25) is 5.91 Å². The molecule has 372 valence electrons. The Kier molecular flexibility index (Phi) is 49.2. The third-order valence-electron chi connectivity index (χ3n) is 11.8. The van der Waals surface area contributed by atoms with Crippen molar-refractivity contribution in [1.29, 1.82) is 0 Å². The van der Waals surface area contributed by atoms with E-state index in [2.05, 4.69) is 74.7 Å². The van der Waals surface area contributed by atoms with Crippen molar-refractivity contribution in [2.45, 2.75) is 257 Å². The van der Waals surface area contributed by atoms with Crippen molar-refractivity contribution in [2.24, 2.45) is 0 Å². The summed E-state index contributed by atoms with van der Waals surface area (Å²) in [4.78, 5) is 26.2. The van der Waals surface area contributed by atoms with Crippen molar-refractivity contribution in [2.75, 3.05) is 6.61 Å². The lowest BCUT2D eigenvalue weighted by Gasteiger charge is -2.24. The van der Waals surface area contributed by atoms with Gasteiger partial charge in [-0.05, 0) is 77.0 Å². The summed E-state index contributed by atoms with van der Waals surface area (Å²) < 4.78 is 5.90. The minimum absolute atomic E-state index is 0.0183. The van der Waals surface area contributed by atoms with Gasteiger partial charge in [0.15, 0.2) is 0 Å². The van der Waals surface area contributed by atoms with E-state index in [4.69, 9.17) is 4.74 Å². The highest BCUT2D eigenvalue weighted by Crippen LogP contribution is 2.17. The Bertz CT molecular complexity index is 1290. The average molecular weight is 904 g/mol. The number of esters is 1. The molecule has 0 spiro atoms. The van der Waals surface area contributed by atoms with Crippen molar-refractivity contribution in [3.63, 3.8) is 0 Å². The fourth-order valence-corrected chi connectivity index (χ4v) is 7.70. The zero-order valence-electron chi connectivity index (χ0n) is 42.3. The number of aliphatic hydroxyl groups excluding tert-OH is 2. The van der Waals surface area contributed by atoms with Crippen LogP contribution in [0.1, 0.15) is 239 Å². The van der Waals surface area contributed by atoms with Crippen LogP contribution in [0.15, 0.2) is 97.2 Å². The summed E-state index contributed by atoms with van der Waals surface area (Å²) in [6.45, 7) is 6.29. The Morgan fingerprint density at radius 1 is 0.477 bits per heavy atom. The highest BCUT2D eigenvalue weighted by molar-refractivity contribution is 5.77. The minimum Gasteiger partial charge on any atom is -0.462 e. The molecule has 0 aromatic carbocycles. The Labute approximate surface area is 401 Å². The molecule has 3 unspecified atom stereocenters. The Balaban J connectivity index is 4.66. The fraction of sp³-hybridized carbons (Fsp3) is 0.695. The summed E-state index contributed by atoms with van der Waals surface area (Å²) in [5.41, 5.74) is 0. The molecule has 3 atom stereocenters. The maximum Gasteiger partial charge on any atom is 0.306 e. The van der Waals surface area contributed by atoms with Gasteiger partial charge in [-0.1, -0.05) is 246 Å². The first-order valence-electron chi connectivity index (χ1n) is 27.0. The van der Waals surface area contributed by atoms with E-state index in [1.54, 1.807) is 0 Å². The number of allylic oxidation sites excluding steroid dienone is 16. The largest absolute Gasteiger partial charge is 0.462 e. The average Bonchev–Trinajstić information content (AvgIpc) is 3.30. The van der Waals surface area contributed by atoms with Crippen LogP contribution >= 0.6 is 0 Å². The lowest BCUT2D eigenvalue weighted by atomic mass is 10.0. The lowest BCUT2D eigenvalue weighted by molar-refractivity contribution is -0.151. The molecule has 0 saturated carbocycles. The van der Waals surface area contributed by atoms with Crippen molar-refractivity contribution in [3.8, 4) is 0 Å². The Hall–Kier alpha value is -3.22. The van der Waals surface area contributed by atoms with Gasteiger partial charge in [0.25, 0.3) is 0 Å². The highest BCUT2D eigenvalue weighted by atomic mass is 16.5. The molecular weight excluding hydrogens is 803 g/mol. The van der Waals surface area contributed by atoms with E-state index in [0.717, 1.165) is 77.0 Å². The van der Waals surface area contributed by atoms with Crippen LogP contribution in [0.5, 0.6) is 0 Å². The van der Waals surface area contributed by atoms with Gasteiger partial charge in [-0.15, -0.1) is 0 Å². The van der Waals surface area contributed by atoms with Gasteiger partial charge in [0.05, 0.1) is 25.2 Å². The summed E-state index contributed by atoms with van der Waals surface area (Å²) in [6, 6.07) is -0.733. The molecule has 0 heterocycles. The van der Waals surface area contributed by atoms with Gasteiger partial charge >= 0.3 is 5.97 Å². The molecule has 0 fully saturated rings. The molecule has 65 heavy (non-hydrogen) atoms. The summed E-state index contributed by atoms with van der Waals surface area (Å²) >= 11 is 0. The number of carbonyl (C=O) groups is 2. The molecule has 0 aliphatic heterocycles. The third kappa shape index (κ3) is 47.1. The van der Waals surface area contributed by atoms with Crippen molar-refractivity contribution >= 4 is 11.9 Å². The molecule has 0 aromatic rings. The maximum atomic E-state index is 13.2. The van der Waals surface area contributed by atoms with E-state index < -0.39 is 18.2 Å². The van der Waals surface area contributed by atoms with Gasteiger partial charge in [0.1, 0.15) is 6.10 Å². The molecule has 3 N–H and O–H groups in total. The lowest BCUT2D eigenvalue weighted by Crippen LogP contribution is -2.46. The van der Waals surface area contributed by atoms with E-state index in [1.807, 2.05) is 48.6 Å². The van der Waals surface area contributed by atoms with Crippen LogP contribution in [0.4, 0.5) is 0 Å². The number of hydrogen-bond acceptors (Lipinski definition) is 5. The fourth-order valence-electron chi connectivity index (χ4n) is 7.70. The van der Waals surface area contributed by atoms with Gasteiger partial charge in [-0.2, -0.15) is 0 Å². The van der Waals surface area contributed by atoms with Crippen LogP contribution in [0, 0.1) is 0 Å². The number of nitrogens with one attached hydrogen (secondary N) is 1. The number of carbonyl (C=O) groups excluding carboxylic acids is 2. The highest BCUT2D eigenvalue weighted by Gasteiger charge is 2.24. The van der Waals surface area contributed by atoms with Crippen LogP contribution < -0.4 is 5.32 Å². The van der Waals surface area contributed by atoms with Gasteiger partial charge in [0, 0.05) is 6.42 Å². The monoisotopic (exact) mass is 904 g/mol. The van der Waals surface area contributed by atoms with E-state index in [-0.39, 0.29) is 24.9 Å². The maximum absolute atomic E-state index is 13.2. The molecule has 6 nitrogen and oxygen atoms in total. The predicted octanol–water partition coefficient (Wildman–Crippen LogP) is 16.5. The van der Waals surface area contributed by atoms with Crippen LogP contribution in [-0.2, 0) is 14.3 Å². The SMILES string of the molecule is CC/C=C/C=C/C=C\C=C/C=C/CCCC(CC(=O)NC(CO)C(O)CCCCCCCCCCCCCCCC)OC(=O)CCCCCCCC/C=C\C/C=C\C/C=C\CCCCC. The second-order valence-electron chi connectivity index (χ2n) is 18.0. The molecular formula is C59H101NO5. The standard InChI is InChI=1S/C59H101NO5/c1-4-7-10-13-16-19-22-25-27-28-29-30-31-34-37-40-43-46-49-52-59(64)65-55(50-47-44-41-38-35-32-24-21-18-15-12-9-6-3)53-58(63)60-56(54-61)57(62)51-48-45-42-39-36-33-26-23-20-17-14-11-8-5-2/h9,12,15-16,18-19,21,24-25,27,29-30,32,35,38,41,55-57,61-62H,4-8,10-11,13-14,17,20,22-23,26,28,31,33-34,36-37,39-40,42-54H2,1-3H3,(H,60,63)/b12-9+,18-15+,19-16-,24-21-,27-25-,30-29-,35-32-,41-38+. The minimum atomic E-state index is -0.814. The van der Waals surface area contributed by atoms with Gasteiger partial charge in [-0.25, -0.2) is 0 Å². The Morgan fingerprint density at radius 3 is 1.45 bits per heavy atom. The first kappa shape index (κ1) is 61.8. The smallest absolute Gasteiger partial charge is 0.306 e. The molecule has 1 amide bonds. The molecule has 0 saturated heterocycles. The summed E-state index contributed by atoms with van der Waals surface area (Å²) in [5, 5.41) is 23.8. The zero-order valence-corrected chi connectivity index (χ0v) is 42.3. The number of amides is 1. The van der Waals surface area contributed by atoms with Crippen LogP contribution in [0.2, 0.25) is 0 Å². The number of aliphatic hydroxyl groups is 2. The zero-order chi connectivity index (χ0) is 47.4. The predicted molar refractivity (Wildman–Crippen MR) is 282 cm³/mol. The van der Waals surface area contributed by atoms with Crippen molar-refractivity contribution in [3.05, 3.63) is 97.2 Å². The van der Waals surface area contributed by atoms with E-state index in [1.165, 1.54) is 116 Å². The van der Waals surface area contributed by atoms with E-state index in [9.17, 15) is 19.8 Å². The number of ether oxygens (including phenoxy) is 1. The quantitative estimate of drug-likeness (QED) is 0.0245. The van der Waals surface area contributed by atoms with Crippen molar-refractivity contribution < 1.29 is 24.5 Å². The summed E-state index contributed by atoms with van der Waals surface area (Å²) in [5.74, 6) is -0.565. The summed E-state index contributed by atoms with van der Waals surface area (Å²) in [6.07, 6.45) is 69.0. The third-order valence-corrected chi connectivity index (χ3v) is 11.8.